The highest BCUT2D eigenvalue weighted by atomic mass is 16.5. The summed E-state index contributed by atoms with van der Waals surface area (Å²) >= 11 is 0. The number of nitrogens with one attached hydrogen (secondary N) is 4. The zero-order valence-corrected chi connectivity index (χ0v) is 35.4. The number of hydrogen-bond donors (Lipinski definition) is 4. The van der Waals surface area contributed by atoms with E-state index in [1.54, 1.807) is 0 Å². The summed E-state index contributed by atoms with van der Waals surface area (Å²) < 4.78 is 9.62. The largest absolute Gasteiger partial charge is 0.453 e. The number of likely N-dealkylation sites (tertiary alicyclic amines) is 2. The summed E-state index contributed by atoms with van der Waals surface area (Å²) in [6.45, 7) is 4.97. The average molecular weight is 837 g/mol. The van der Waals surface area contributed by atoms with E-state index in [-0.39, 0.29) is 29.8 Å². The highest BCUT2D eigenvalue weighted by molar-refractivity contribution is 5.91. The highest BCUT2D eigenvalue weighted by Crippen LogP contribution is 2.35. The van der Waals surface area contributed by atoms with Crippen molar-refractivity contribution in [3.8, 4) is 33.6 Å². The van der Waals surface area contributed by atoms with Crippen LogP contribution in [0.4, 0.5) is 9.59 Å². The number of H-pyrrole nitrogens is 2. The number of alkyl carbamates (subject to hydrolysis) is 2. The number of rotatable bonds is 12. The van der Waals surface area contributed by atoms with Gasteiger partial charge in [-0.05, 0) is 76.8 Å². The second kappa shape index (κ2) is 18.3. The minimum atomic E-state index is -0.772. The first-order chi connectivity index (χ1) is 30.1. The van der Waals surface area contributed by atoms with E-state index in [2.05, 4.69) is 81.3 Å². The number of hydrogen-bond acceptors (Lipinski definition) is 8. The maximum atomic E-state index is 13.9. The standard InChI is InChI=1S/C48H52N8O6/c1-29(2)42(54-48(60)62-4)46(58)56-23-9-13-41(56)44-50-28-39(52-44)36-21-20-34-25-33(18-19-35(34)26-36)31-14-16-32(17-15-31)38-27-49-43(51-38)40-12-8-22-55(40)45(57)37(53-47(59)61-3)24-30-10-6-5-7-11-30/h5-7,10-11,14-21,25-29,37,40-42H,8-9,12-13,22-24H2,1-4H3,(H,49,51)(H,50,52)(H,53,59)(H,54,60)/t37-,40-,41-,42?/m0/s1. The van der Waals surface area contributed by atoms with Crippen molar-refractivity contribution < 1.29 is 28.7 Å². The summed E-state index contributed by atoms with van der Waals surface area (Å²) in [6.07, 6.45) is 5.93. The fourth-order valence-electron chi connectivity index (χ4n) is 8.70. The van der Waals surface area contributed by atoms with Gasteiger partial charge in [0, 0.05) is 25.1 Å². The lowest BCUT2D eigenvalue weighted by Gasteiger charge is -2.30. The number of carbonyl (C=O) groups excluding carboxylic acids is 4. The van der Waals surface area contributed by atoms with Gasteiger partial charge >= 0.3 is 12.2 Å². The first kappa shape index (κ1) is 41.8. The van der Waals surface area contributed by atoms with Gasteiger partial charge in [0.05, 0.1) is 50.1 Å². The third kappa shape index (κ3) is 8.90. The third-order valence-electron chi connectivity index (χ3n) is 12.0. The average Bonchev–Trinajstić information content (AvgIpc) is 4.15. The van der Waals surface area contributed by atoms with Crippen LogP contribution in [0.15, 0.2) is 103 Å². The maximum absolute atomic E-state index is 13.9. The van der Waals surface area contributed by atoms with Crippen LogP contribution in [0.3, 0.4) is 0 Å². The molecule has 8 rings (SSSR count). The van der Waals surface area contributed by atoms with Gasteiger partial charge in [-0.15, -0.1) is 0 Å². The molecular weight excluding hydrogens is 785 g/mol. The van der Waals surface area contributed by atoms with E-state index >= 15 is 0 Å². The molecule has 4 amide bonds. The van der Waals surface area contributed by atoms with E-state index in [1.165, 1.54) is 14.2 Å². The van der Waals surface area contributed by atoms with Crippen LogP contribution in [0.2, 0.25) is 0 Å². The number of imidazole rings is 2. The third-order valence-corrected chi connectivity index (χ3v) is 12.0. The highest BCUT2D eigenvalue weighted by Gasteiger charge is 2.38. The Balaban J connectivity index is 0.934. The monoisotopic (exact) mass is 836 g/mol. The summed E-state index contributed by atoms with van der Waals surface area (Å²) in [5.41, 5.74) is 6.79. The molecule has 0 spiro atoms. The smallest absolute Gasteiger partial charge is 0.407 e. The van der Waals surface area contributed by atoms with Gasteiger partial charge in [-0.25, -0.2) is 19.6 Å². The van der Waals surface area contributed by atoms with Gasteiger partial charge in [-0.3, -0.25) is 9.59 Å². The lowest BCUT2D eigenvalue weighted by Crippen LogP contribution is -2.51. The number of benzene rings is 4. The van der Waals surface area contributed by atoms with Crippen molar-refractivity contribution >= 4 is 34.8 Å². The molecule has 14 nitrogen and oxygen atoms in total. The van der Waals surface area contributed by atoms with Gasteiger partial charge in [0.1, 0.15) is 23.7 Å². The number of fused-ring (bicyclic) bond motifs is 1. The number of ether oxygens (including phenoxy) is 2. The molecule has 0 saturated carbocycles. The van der Waals surface area contributed by atoms with Crippen LogP contribution in [0, 0.1) is 5.92 Å². The Kier molecular flexibility index (Phi) is 12.4. The Morgan fingerprint density at radius 1 is 0.661 bits per heavy atom. The molecule has 4 N–H and O–H groups in total. The summed E-state index contributed by atoms with van der Waals surface area (Å²) in [5, 5.41) is 7.64. The van der Waals surface area contributed by atoms with Crippen LogP contribution >= 0.6 is 0 Å². The van der Waals surface area contributed by atoms with Gasteiger partial charge in [0.25, 0.3) is 0 Å². The van der Waals surface area contributed by atoms with E-state index < -0.39 is 24.3 Å². The molecular formula is C48H52N8O6. The van der Waals surface area contributed by atoms with Crippen molar-refractivity contribution in [2.24, 2.45) is 5.92 Å². The van der Waals surface area contributed by atoms with Gasteiger partial charge in [-0.1, -0.05) is 92.7 Å². The fraction of sp³-hybridized carbons (Fsp3) is 0.333. The molecule has 2 saturated heterocycles. The lowest BCUT2D eigenvalue weighted by atomic mass is 9.98. The molecule has 1 unspecified atom stereocenters. The Morgan fingerprint density at radius 2 is 1.18 bits per heavy atom. The molecule has 14 heteroatoms. The van der Waals surface area contributed by atoms with Crippen LogP contribution < -0.4 is 10.6 Å². The van der Waals surface area contributed by atoms with Gasteiger partial charge < -0.3 is 39.9 Å². The van der Waals surface area contributed by atoms with Gasteiger partial charge in [-0.2, -0.15) is 0 Å². The van der Waals surface area contributed by atoms with Gasteiger partial charge in [0.15, 0.2) is 0 Å². The molecule has 2 aliphatic rings. The van der Waals surface area contributed by atoms with E-state index in [4.69, 9.17) is 19.4 Å². The second-order valence-corrected chi connectivity index (χ2v) is 16.3. The quantitative estimate of drug-likeness (QED) is 0.0961. The van der Waals surface area contributed by atoms with Crippen LogP contribution in [0.5, 0.6) is 0 Å². The zero-order chi connectivity index (χ0) is 43.3. The number of carbonyl (C=O) groups is 4. The minimum absolute atomic E-state index is 0.108. The lowest BCUT2D eigenvalue weighted by molar-refractivity contribution is -0.135. The van der Waals surface area contributed by atoms with E-state index in [0.29, 0.717) is 25.3 Å². The molecule has 4 atom stereocenters. The number of methoxy groups -OCH3 is 2. The predicted octanol–water partition coefficient (Wildman–Crippen LogP) is 7.96. The number of aromatic amines is 2. The van der Waals surface area contributed by atoms with Crippen molar-refractivity contribution in [2.45, 2.75) is 70.1 Å². The number of amides is 4. The van der Waals surface area contributed by atoms with Crippen LogP contribution in [0.1, 0.15) is 68.8 Å². The van der Waals surface area contributed by atoms with Crippen molar-refractivity contribution in [1.29, 1.82) is 0 Å². The normalized spacial score (nSPS) is 17.2. The van der Waals surface area contributed by atoms with Crippen molar-refractivity contribution in [2.75, 3.05) is 27.3 Å². The second-order valence-electron chi connectivity index (χ2n) is 16.3. The zero-order valence-electron chi connectivity index (χ0n) is 35.4. The molecule has 0 bridgehead atoms. The van der Waals surface area contributed by atoms with Crippen molar-refractivity contribution in [3.63, 3.8) is 0 Å². The molecule has 6 aromatic rings. The molecule has 4 heterocycles. The maximum Gasteiger partial charge on any atom is 0.407 e. The molecule has 4 aromatic carbocycles. The Morgan fingerprint density at radius 3 is 1.77 bits per heavy atom. The Hall–Kier alpha value is -6.96. The van der Waals surface area contributed by atoms with Crippen molar-refractivity contribution in [3.05, 3.63) is 121 Å². The summed E-state index contributed by atoms with van der Waals surface area (Å²) in [4.78, 5) is 71.8. The van der Waals surface area contributed by atoms with E-state index in [1.807, 2.05) is 66.4 Å². The predicted molar refractivity (Wildman–Crippen MR) is 236 cm³/mol. The number of nitrogens with zero attached hydrogens (tertiary/aromatic N) is 4. The molecule has 0 radical (unpaired) electrons. The van der Waals surface area contributed by atoms with Crippen LogP contribution in [0.25, 0.3) is 44.4 Å². The minimum Gasteiger partial charge on any atom is -0.453 e. The van der Waals surface area contributed by atoms with E-state index in [0.717, 1.165) is 81.5 Å². The molecule has 2 aliphatic heterocycles. The van der Waals surface area contributed by atoms with Crippen LogP contribution in [-0.4, -0.2) is 93.1 Å². The van der Waals surface area contributed by atoms with Crippen molar-refractivity contribution in [1.82, 2.24) is 40.4 Å². The molecule has 2 aromatic heterocycles. The Bertz CT molecular complexity index is 2550. The topological polar surface area (TPSA) is 175 Å². The molecule has 62 heavy (non-hydrogen) atoms. The summed E-state index contributed by atoms with van der Waals surface area (Å²) in [5.74, 6) is 1.03. The Labute approximate surface area is 360 Å². The SMILES string of the molecule is COC(=O)NC(C(=O)N1CCC[C@H]1c1ncc(-c2ccc3cc(-c4ccc(-c5cnc([C@@H]6CCCN6C(=O)[C@H](Cc6ccccc6)NC(=O)OC)[nH]5)cc4)ccc3c2)[nH]1)C(C)C. The number of aromatic nitrogens is 4. The fourth-order valence-corrected chi connectivity index (χ4v) is 8.70. The van der Waals surface area contributed by atoms with Crippen LogP contribution in [-0.2, 0) is 25.5 Å². The summed E-state index contributed by atoms with van der Waals surface area (Å²) in [7, 11) is 2.59. The molecule has 0 aliphatic carbocycles. The first-order valence-corrected chi connectivity index (χ1v) is 21.2. The summed E-state index contributed by atoms with van der Waals surface area (Å²) in [6, 6.07) is 28.8. The van der Waals surface area contributed by atoms with E-state index in [9.17, 15) is 19.2 Å². The first-order valence-electron chi connectivity index (χ1n) is 21.2. The molecule has 2 fully saturated rings. The molecule has 320 valence electrons. The van der Waals surface area contributed by atoms with Gasteiger partial charge in [0.2, 0.25) is 11.8 Å².